The number of nitrogens with two attached hydrogens (primary N) is 1. The second-order valence-corrected chi connectivity index (χ2v) is 4.68. The molecule has 0 aromatic heterocycles. The standard InChI is InChI=1S/C14H22N2O2/c1-10(2)16(14(17)11(3)18-4)9-12-5-7-13(15)8-6-12/h5-8,10-11H,9,15H2,1-4H3. The molecule has 2 N–H and O–H groups in total. The Morgan fingerprint density at radius 2 is 1.83 bits per heavy atom. The lowest BCUT2D eigenvalue weighted by Crippen LogP contribution is -2.42. The highest BCUT2D eigenvalue weighted by Gasteiger charge is 2.22. The van der Waals surface area contributed by atoms with Gasteiger partial charge in [0.15, 0.2) is 0 Å². The van der Waals surface area contributed by atoms with Crippen molar-refractivity contribution < 1.29 is 9.53 Å². The molecule has 0 saturated heterocycles. The van der Waals surface area contributed by atoms with Crippen molar-refractivity contribution in [3.8, 4) is 0 Å². The van der Waals surface area contributed by atoms with Gasteiger partial charge in [-0.05, 0) is 38.5 Å². The lowest BCUT2D eigenvalue weighted by molar-refractivity contribution is -0.143. The first kappa shape index (κ1) is 14.5. The average molecular weight is 250 g/mol. The fraction of sp³-hybridized carbons (Fsp3) is 0.500. The summed E-state index contributed by atoms with van der Waals surface area (Å²) < 4.78 is 5.09. The highest BCUT2D eigenvalue weighted by atomic mass is 16.5. The Morgan fingerprint density at radius 1 is 1.28 bits per heavy atom. The summed E-state index contributed by atoms with van der Waals surface area (Å²) in [7, 11) is 1.55. The largest absolute Gasteiger partial charge is 0.399 e. The number of amides is 1. The number of methoxy groups -OCH3 is 1. The quantitative estimate of drug-likeness (QED) is 0.814. The van der Waals surface area contributed by atoms with Crippen LogP contribution in [0.3, 0.4) is 0 Å². The maximum atomic E-state index is 12.2. The minimum absolute atomic E-state index is 0.00400. The van der Waals surface area contributed by atoms with Gasteiger partial charge in [0.2, 0.25) is 0 Å². The number of carbonyl (C=O) groups is 1. The molecule has 1 unspecified atom stereocenters. The smallest absolute Gasteiger partial charge is 0.251 e. The fourth-order valence-corrected chi connectivity index (χ4v) is 1.67. The number of hydrogen-bond donors (Lipinski definition) is 1. The number of nitrogens with zero attached hydrogens (tertiary/aromatic N) is 1. The van der Waals surface area contributed by atoms with Crippen LogP contribution in [0.1, 0.15) is 26.3 Å². The van der Waals surface area contributed by atoms with E-state index in [-0.39, 0.29) is 11.9 Å². The number of ether oxygens (including phenoxy) is 1. The predicted molar refractivity (Wildman–Crippen MR) is 73.0 cm³/mol. The van der Waals surface area contributed by atoms with E-state index >= 15 is 0 Å². The topological polar surface area (TPSA) is 55.6 Å². The monoisotopic (exact) mass is 250 g/mol. The zero-order valence-electron chi connectivity index (χ0n) is 11.5. The number of benzene rings is 1. The SMILES string of the molecule is COC(C)C(=O)N(Cc1ccc(N)cc1)C(C)C. The highest BCUT2D eigenvalue weighted by Crippen LogP contribution is 2.12. The van der Waals surface area contributed by atoms with Gasteiger partial charge in [-0.3, -0.25) is 4.79 Å². The molecule has 4 heteroatoms. The molecule has 0 aliphatic carbocycles. The Kier molecular flexibility index (Phi) is 5.16. The summed E-state index contributed by atoms with van der Waals surface area (Å²) in [5.41, 5.74) is 7.44. The molecule has 1 aromatic carbocycles. The van der Waals surface area contributed by atoms with Gasteiger partial charge in [0.25, 0.3) is 5.91 Å². The summed E-state index contributed by atoms with van der Waals surface area (Å²) in [4.78, 5) is 14.0. The van der Waals surface area contributed by atoms with Crippen LogP contribution in [0.15, 0.2) is 24.3 Å². The van der Waals surface area contributed by atoms with Gasteiger partial charge in [-0.15, -0.1) is 0 Å². The van der Waals surface area contributed by atoms with Gasteiger partial charge in [-0.25, -0.2) is 0 Å². The number of nitrogen functional groups attached to an aromatic ring is 1. The van der Waals surface area contributed by atoms with Crippen LogP contribution >= 0.6 is 0 Å². The first-order chi connectivity index (χ1) is 8.45. The molecule has 0 saturated carbocycles. The number of anilines is 1. The van der Waals surface area contributed by atoms with Crippen LogP contribution in [0.2, 0.25) is 0 Å². The molecule has 1 amide bonds. The van der Waals surface area contributed by atoms with Crippen molar-refractivity contribution in [1.82, 2.24) is 4.90 Å². The Balaban J connectivity index is 2.80. The summed E-state index contributed by atoms with van der Waals surface area (Å²) in [6, 6.07) is 7.70. The van der Waals surface area contributed by atoms with Crippen molar-refractivity contribution in [2.24, 2.45) is 0 Å². The Hall–Kier alpha value is -1.55. The van der Waals surface area contributed by atoms with Crippen LogP contribution in [0.5, 0.6) is 0 Å². The lowest BCUT2D eigenvalue weighted by atomic mass is 10.1. The zero-order chi connectivity index (χ0) is 13.7. The molecule has 18 heavy (non-hydrogen) atoms. The molecular formula is C14H22N2O2. The van der Waals surface area contributed by atoms with Crippen molar-refractivity contribution in [2.75, 3.05) is 12.8 Å². The normalized spacial score (nSPS) is 12.5. The van der Waals surface area contributed by atoms with Crippen LogP contribution in [-0.2, 0) is 16.1 Å². The molecule has 4 nitrogen and oxygen atoms in total. The summed E-state index contributed by atoms with van der Waals surface area (Å²) in [5, 5.41) is 0. The predicted octanol–water partition coefficient (Wildman–Crippen LogP) is 2.04. The Labute approximate surface area is 109 Å². The van der Waals surface area contributed by atoms with Gasteiger partial charge in [-0.1, -0.05) is 12.1 Å². The van der Waals surface area contributed by atoms with E-state index in [9.17, 15) is 4.79 Å². The summed E-state index contributed by atoms with van der Waals surface area (Å²) in [5.74, 6) is 0.00400. The number of carbonyl (C=O) groups excluding carboxylic acids is 1. The lowest BCUT2D eigenvalue weighted by Gasteiger charge is -2.29. The second-order valence-electron chi connectivity index (χ2n) is 4.68. The van der Waals surface area contributed by atoms with E-state index < -0.39 is 6.10 Å². The maximum absolute atomic E-state index is 12.2. The molecular weight excluding hydrogens is 228 g/mol. The van der Waals surface area contributed by atoms with Crippen molar-refractivity contribution in [1.29, 1.82) is 0 Å². The van der Waals surface area contributed by atoms with E-state index in [1.165, 1.54) is 0 Å². The van der Waals surface area contributed by atoms with Gasteiger partial charge in [0.1, 0.15) is 6.10 Å². The van der Waals surface area contributed by atoms with Gasteiger partial charge in [0.05, 0.1) is 0 Å². The fourth-order valence-electron chi connectivity index (χ4n) is 1.67. The summed E-state index contributed by atoms with van der Waals surface area (Å²) >= 11 is 0. The number of hydrogen-bond acceptors (Lipinski definition) is 3. The summed E-state index contributed by atoms with van der Waals surface area (Å²) in [6.07, 6.45) is -0.416. The molecule has 1 aromatic rings. The zero-order valence-corrected chi connectivity index (χ0v) is 11.5. The van der Waals surface area contributed by atoms with Crippen LogP contribution in [0, 0.1) is 0 Å². The highest BCUT2D eigenvalue weighted by molar-refractivity contribution is 5.80. The van der Waals surface area contributed by atoms with Gasteiger partial charge in [-0.2, -0.15) is 0 Å². The third-order valence-corrected chi connectivity index (χ3v) is 2.94. The molecule has 100 valence electrons. The van der Waals surface area contributed by atoms with Gasteiger partial charge in [0, 0.05) is 25.4 Å². The van der Waals surface area contributed by atoms with Crippen molar-refractivity contribution in [3.63, 3.8) is 0 Å². The van der Waals surface area contributed by atoms with E-state index in [1.54, 1.807) is 18.9 Å². The molecule has 0 aliphatic rings. The molecule has 0 bridgehead atoms. The molecule has 0 aliphatic heterocycles. The van der Waals surface area contributed by atoms with Crippen LogP contribution in [-0.4, -0.2) is 30.1 Å². The molecule has 1 rings (SSSR count). The first-order valence-electron chi connectivity index (χ1n) is 6.13. The molecule has 0 spiro atoms. The minimum Gasteiger partial charge on any atom is -0.399 e. The molecule has 0 fully saturated rings. The second kappa shape index (κ2) is 6.40. The van der Waals surface area contributed by atoms with E-state index in [1.807, 2.05) is 38.1 Å². The Bertz CT molecular complexity index is 387. The first-order valence-corrected chi connectivity index (χ1v) is 6.13. The van der Waals surface area contributed by atoms with Gasteiger partial charge < -0.3 is 15.4 Å². The minimum atomic E-state index is -0.416. The number of rotatable bonds is 5. The van der Waals surface area contributed by atoms with E-state index in [2.05, 4.69) is 0 Å². The Morgan fingerprint density at radius 3 is 2.28 bits per heavy atom. The van der Waals surface area contributed by atoms with E-state index in [4.69, 9.17) is 10.5 Å². The third kappa shape index (κ3) is 3.74. The van der Waals surface area contributed by atoms with Crippen LogP contribution in [0.4, 0.5) is 5.69 Å². The molecule has 0 radical (unpaired) electrons. The summed E-state index contributed by atoms with van der Waals surface area (Å²) in [6.45, 7) is 6.33. The third-order valence-electron chi connectivity index (χ3n) is 2.94. The molecule has 0 heterocycles. The van der Waals surface area contributed by atoms with Crippen LogP contribution in [0.25, 0.3) is 0 Å². The molecule has 1 atom stereocenters. The van der Waals surface area contributed by atoms with Gasteiger partial charge >= 0.3 is 0 Å². The van der Waals surface area contributed by atoms with Crippen molar-refractivity contribution in [2.45, 2.75) is 39.5 Å². The average Bonchev–Trinajstić information content (AvgIpc) is 2.36. The maximum Gasteiger partial charge on any atom is 0.251 e. The van der Waals surface area contributed by atoms with Crippen molar-refractivity contribution in [3.05, 3.63) is 29.8 Å². The van der Waals surface area contributed by atoms with E-state index in [0.29, 0.717) is 6.54 Å². The van der Waals surface area contributed by atoms with Crippen molar-refractivity contribution >= 4 is 11.6 Å². The van der Waals surface area contributed by atoms with E-state index in [0.717, 1.165) is 11.3 Å². The van der Waals surface area contributed by atoms with Crippen LogP contribution < -0.4 is 5.73 Å².